The predicted octanol–water partition coefficient (Wildman–Crippen LogP) is 2.22. The van der Waals surface area contributed by atoms with Gasteiger partial charge in [-0.3, -0.25) is 9.59 Å². The van der Waals surface area contributed by atoms with Crippen molar-refractivity contribution in [1.29, 1.82) is 0 Å². The number of piperazine rings is 1. The first-order chi connectivity index (χ1) is 12.1. The molecule has 2 bridgehead atoms. The number of carboxylic acids is 1. The van der Waals surface area contributed by atoms with E-state index in [0.717, 1.165) is 19.3 Å². The van der Waals surface area contributed by atoms with Gasteiger partial charge in [-0.2, -0.15) is 0 Å². The molecule has 3 aliphatic rings. The van der Waals surface area contributed by atoms with Gasteiger partial charge in [-0.05, 0) is 43.2 Å². The normalized spacial score (nSPS) is 31.4. The van der Waals surface area contributed by atoms with Gasteiger partial charge < -0.3 is 14.9 Å². The van der Waals surface area contributed by atoms with Crippen LogP contribution in [-0.4, -0.2) is 48.1 Å². The van der Waals surface area contributed by atoms with Gasteiger partial charge in [-0.15, -0.1) is 0 Å². The summed E-state index contributed by atoms with van der Waals surface area (Å²) in [6, 6.07) is 6.67. The molecule has 1 heterocycles. The summed E-state index contributed by atoms with van der Waals surface area (Å²) in [5.41, 5.74) is 0.568. The highest BCUT2D eigenvalue weighted by Gasteiger charge is 2.54. The average molecular weight is 346 g/mol. The van der Waals surface area contributed by atoms with E-state index in [0.29, 0.717) is 31.9 Å². The van der Waals surface area contributed by atoms with E-state index in [1.165, 1.54) is 6.07 Å². The van der Waals surface area contributed by atoms with Gasteiger partial charge in [0.05, 0.1) is 17.5 Å². The zero-order chi connectivity index (χ0) is 17.6. The van der Waals surface area contributed by atoms with Crippen molar-refractivity contribution < 1.29 is 19.1 Å². The summed E-state index contributed by atoms with van der Waals surface area (Å²) in [6.45, 7) is 2.19. The minimum absolute atomic E-state index is 0.00668. The van der Waals surface area contributed by atoms with E-state index in [1.54, 1.807) is 17.0 Å². The van der Waals surface area contributed by atoms with Crippen molar-refractivity contribution >= 4 is 17.6 Å². The second kappa shape index (κ2) is 6.32. The zero-order valence-electron chi connectivity index (χ0n) is 14.1. The summed E-state index contributed by atoms with van der Waals surface area (Å²) in [5.74, 6) is -1.57. The highest BCUT2D eigenvalue weighted by Crippen LogP contribution is 2.53. The molecule has 134 valence electrons. The quantitative estimate of drug-likeness (QED) is 0.912. The molecule has 25 heavy (non-hydrogen) atoms. The van der Waals surface area contributed by atoms with Crippen LogP contribution in [0.3, 0.4) is 0 Å². The van der Waals surface area contributed by atoms with E-state index < -0.39 is 11.9 Å². The van der Waals surface area contributed by atoms with Gasteiger partial charge in [0.1, 0.15) is 5.82 Å². The number of aliphatic carboxylic acids is 1. The Balaban J connectivity index is 1.43. The third kappa shape index (κ3) is 2.77. The Kier molecular flexibility index (Phi) is 4.13. The van der Waals surface area contributed by atoms with Crippen molar-refractivity contribution in [2.75, 3.05) is 31.1 Å². The van der Waals surface area contributed by atoms with Gasteiger partial charge in [-0.1, -0.05) is 12.1 Å². The number of carbonyl (C=O) groups is 2. The van der Waals surface area contributed by atoms with E-state index in [-0.39, 0.29) is 29.5 Å². The van der Waals surface area contributed by atoms with Crippen LogP contribution in [0.5, 0.6) is 0 Å². The number of benzene rings is 1. The number of carbonyl (C=O) groups excluding carboxylic acids is 1. The average Bonchev–Trinajstić information content (AvgIpc) is 3.23. The van der Waals surface area contributed by atoms with Crippen LogP contribution in [0.25, 0.3) is 0 Å². The lowest BCUT2D eigenvalue weighted by atomic mass is 9.78. The van der Waals surface area contributed by atoms with E-state index in [1.807, 2.05) is 11.0 Å². The van der Waals surface area contributed by atoms with Crippen molar-refractivity contribution in [3.05, 3.63) is 30.1 Å². The standard InChI is InChI=1S/C19H23FN2O3/c20-14-3-1-2-4-15(14)21-7-9-22(10-8-21)18(23)16-12-5-6-13(11-12)17(16)19(24)25/h1-4,12-13,16-17H,5-11H2,(H,24,25)/t12-,13+,16-,17-/m0/s1. The zero-order valence-corrected chi connectivity index (χ0v) is 14.1. The van der Waals surface area contributed by atoms with Gasteiger partial charge in [0.15, 0.2) is 0 Å². The molecule has 5 nitrogen and oxygen atoms in total. The fraction of sp³-hybridized carbons (Fsp3) is 0.579. The van der Waals surface area contributed by atoms with E-state index in [9.17, 15) is 19.1 Å². The molecule has 0 unspecified atom stereocenters. The molecule has 1 aromatic carbocycles. The summed E-state index contributed by atoms with van der Waals surface area (Å²) >= 11 is 0. The van der Waals surface area contributed by atoms with E-state index in [4.69, 9.17) is 0 Å². The molecule has 1 aliphatic heterocycles. The van der Waals surface area contributed by atoms with Gasteiger partial charge in [0.25, 0.3) is 0 Å². The third-order valence-electron chi connectivity index (χ3n) is 6.27. The van der Waals surface area contributed by atoms with Crippen LogP contribution in [0.4, 0.5) is 10.1 Å². The largest absolute Gasteiger partial charge is 0.481 e. The number of halogens is 1. The SMILES string of the molecule is O=C(O)[C@H]1[C@@H]2CC[C@@H](C2)[C@@H]1C(=O)N1CCN(c2ccccc2F)CC1. The van der Waals surface area contributed by atoms with Crippen molar-refractivity contribution in [3.8, 4) is 0 Å². The Morgan fingerprint density at radius 2 is 1.64 bits per heavy atom. The number of para-hydroxylation sites is 1. The third-order valence-corrected chi connectivity index (χ3v) is 6.27. The maximum atomic E-state index is 13.9. The molecule has 6 heteroatoms. The Bertz CT molecular complexity index is 687. The second-order valence-electron chi connectivity index (χ2n) is 7.49. The van der Waals surface area contributed by atoms with Gasteiger partial charge in [0.2, 0.25) is 5.91 Å². The molecule has 3 fully saturated rings. The van der Waals surface area contributed by atoms with Crippen LogP contribution < -0.4 is 4.90 Å². The van der Waals surface area contributed by atoms with E-state index in [2.05, 4.69) is 0 Å². The lowest BCUT2D eigenvalue weighted by Gasteiger charge is -2.39. The molecule has 2 aliphatic carbocycles. The fourth-order valence-electron chi connectivity index (χ4n) is 5.09. The van der Waals surface area contributed by atoms with Crippen molar-refractivity contribution in [3.63, 3.8) is 0 Å². The summed E-state index contributed by atoms with van der Waals surface area (Å²) < 4.78 is 13.9. The predicted molar refractivity (Wildman–Crippen MR) is 90.6 cm³/mol. The smallest absolute Gasteiger partial charge is 0.307 e. The molecule has 1 amide bonds. The number of carboxylic acid groups (broad SMARTS) is 1. The number of fused-ring (bicyclic) bond motifs is 2. The van der Waals surface area contributed by atoms with Gasteiger partial charge in [-0.25, -0.2) is 4.39 Å². The lowest BCUT2D eigenvalue weighted by molar-refractivity contribution is -0.153. The van der Waals surface area contributed by atoms with Crippen LogP contribution in [0.1, 0.15) is 19.3 Å². The molecular weight excluding hydrogens is 323 g/mol. The lowest BCUT2D eigenvalue weighted by Crippen LogP contribution is -2.52. The van der Waals surface area contributed by atoms with Gasteiger partial charge in [0, 0.05) is 26.2 Å². The Morgan fingerprint density at radius 3 is 2.28 bits per heavy atom. The number of anilines is 1. The summed E-state index contributed by atoms with van der Waals surface area (Å²) in [6.07, 6.45) is 2.79. The number of hydrogen-bond donors (Lipinski definition) is 1. The first-order valence-corrected chi connectivity index (χ1v) is 9.07. The minimum Gasteiger partial charge on any atom is -0.481 e. The van der Waals surface area contributed by atoms with Crippen LogP contribution in [0, 0.1) is 29.5 Å². The van der Waals surface area contributed by atoms with E-state index >= 15 is 0 Å². The highest BCUT2D eigenvalue weighted by atomic mass is 19.1. The number of amides is 1. The summed E-state index contributed by atoms with van der Waals surface area (Å²) in [4.78, 5) is 28.4. The van der Waals surface area contributed by atoms with Crippen LogP contribution in [0.15, 0.2) is 24.3 Å². The first kappa shape index (κ1) is 16.4. The molecule has 0 radical (unpaired) electrons. The molecule has 2 saturated carbocycles. The summed E-state index contributed by atoms with van der Waals surface area (Å²) in [7, 11) is 0. The molecule has 4 atom stereocenters. The fourth-order valence-corrected chi connectivity index (χ4v) is 5.09. The monoisotopic (exact) mass is 346 g/mol. The molecule has 1 aromatic rings. The molecule has 4 rings (SSSR count). The minimum atomic E-state index is -0.824. The second-order valence-corrected chi connectivity index (χ2v) is 7.49. The molecule has 1 N–H and O–H groups in total. The topological polar surface area (TPSA) is 60.9 Å². The Labute approximate surface area is 146 Å². The molecule has 1 saturated heterocycles. The van der Waals surface area contributed by atoms with Crippen LogP contribution in [0.2, 0.25) is 0 Å². The number of hydrogen-bond acceptors (Lipinski definition) is 3. The molecule has 0 aromatic heterocycles. The Hall–Kier alpha value is -2.11. The highest BCUT2D eigenvalue weighted by molar-refractivity contribution is 5.86. The molecule has 0 spiro atoms. The first-order valence-electron chi connectivity index (χ1n) is 9.07. The maximum Gasteiger partial charge on any atom is 0.307 e. The summed E-state index contributed by atoms with van der Waals surface area (Å²) in [5, 5.41) is 9.55. The van der Waals surface area contributed by atoms with Gasteiger partial charge >= 0.3 is 5.97 Å². The van der Waals surface area contributed by atoms with Crippen molar-refractivity contribution in [2.24, 2.45) is 23.7 Å². The Morgan fingerprint density at radius 1 is 1.00 bits per heavy atom. The van der Waals surface area contributed by atoms with Crippen molar-refractivity contribution in [1.82, 2.24) is 4.90 Å². The van der Waals surface area contributed by atoms with Crippen LogP contribution in [-0.2, 0) is 9.59 Å². The molecular formula is C19H23FN2O3. The van der Waals surface area contributed by atoms with Crippen molar-refractivity contribution in [2.45, 2.75) is 19.3 Å². The number of nitrogens with zero attached hydrogens (tertiary/aromatic N) is 2. The number of rotatable bonds is 3. The maximum absolute atomic E-state index is 13.9. The van der Waals surface area contributed by atoms with Crippen LogP contribution >= 0.6 is 0 Å².